The van der Waals surface area contributed by atoms with Gasteiger partial charge in [0, 0.05) is 19.6 Å². The monoisotopic (exact) mass is 417 g/mol. The van der Waals surface area contributed by atoms with Gasteiger partial charge in [-0.1, -0.05) is 12.1 Å². The minimum atomic E-state index is 0. The fraction of sp³-hybridized carbons (Fsp3) is 0.588. The van der Waals surface area contributed by atoms with E-state index in [1.54, 1.807) is 7.11 Å². The molecule has 0 spiro atoms. The van der Waals surface area contributed by atoms with Crippen LogP contribution in [0.15, 0.2) is 29.3 Å². The van der Waals surface area contributed by atoms with Crippen LogP contribution in [0.25, 0.3) is 0 Å². The summed E-state index contributed by atoms with van der Waals surface area (Å²) in [5.74, 6) is 2.71. The van der Waals surface area contributed by atoms with Gasteiger partial charge < -0.3 is 15.4 Å². The van der Waals surface area contributed by atoms with Crippen molar-refractivity contribution in [1.82, 2.24) is 10.6 Å². The summed E-state index contributed by atoms with van der Waals surface area (Å²) in [6.07, 6.45) is 4.82. The molecule has 0 amide bonds. The van der Waals surface area contributed by atoms with Gasteiger partial charge in [0.1, 0.15) is 5.75 Å². The van der Waals surface area contributed by atoms with Gasteiger partial charge in [-0.05, 0) is 56.2 Å². The van der Waals surface area contributed by atoms with Crippen LogP contribution < -0.4 is 15.4 Å². The number of aryl methyl sites for hydroxylation is 1. The van der Waals surface area contributed by atoms with E-state index in [0.717, 1.165) is 50.1 Å². The normalized spacial score (nSPS) is 14.2. The molecule has 0 aliphatic heterocycles. The summed E-state index contributed by atoms with van der Waals surface area (Å²) < 4.78 is 5.25. The molecule has 2 rings (SSSR count). The van der Waals surface area contributed by atoms with Crippen molar-refractivity contribution in [3.05, 3.63) is 29.8 Å². The predicted molar refractivity (Wildman–Crippen MR) is 103 cm³/mol. The van der Waals surface area contributed by atoms with Crippen LogP contribution >= 0.6 is 24.0 Å². The first-order valence-corrected chi connectivity index (χ1v) is 7.97. The van der Waals surface area contributed by atoms with Crippen molar-refractivity contribution >= 4 is 29.9 Å². The molecule has 1 aliphatic rings. The molecule has 0 bridgehead atoms. The molecular formula is C17H28IN3O. The Balaban J connectivity index is 0.00000242. The first kappa shape index (κ1) is 19.1. The lowest BCUT2D eigenvalue weighted by atomic mass is 10.1. The number of halogens is 1. The van der Waals surface area contributed by atoms with E-state index in [4.69, 9.17) is 4.74 Å². The standard InChI is InChI=1S/C17H27N3O.HI/c1-3-18-17(20-13-15-9-10-15)19-11-5-7-14-6-4-8-16(12-14)21-2;/h4,6,8,12,15H,3,5,7,9-11,13H2,1-2H3,(H2,18,19,20);1H. The molecule has 1 aromatic carbocycles. The van der Waals surface area contributed by atoms with Crippen molar-refractivity contribution < 1.29 is 4.74 Å². The van der Waals surface area contributed by atoms with E-state index < -0.39 is 0 Å². The van der Waals surface area contributed by atoms with Gasteiger partial charge in [0.05, 0.1) is 7.11 Å². The molecule has 2 N–H and O–H groups in total. The molecule has 1 aromatic rings. The maximum atomic E-state index is 5.25. The van der Waals surface area contributed by atoms with E-state index in [2.05, 4.69) is 34.7 Å². The molecule has 0 heterocycles. The van der Waals surface area contributed by atoms with Crippen LogP contribution in [0.2, 0.25) is 0 Å². The fourth-order valence-corrected chi connectivity index (χ4v) is 2.19. The van der Waals surface area contributed by atoms with Crippen molar-refractivity contribution in [2.24, 2.45) is 10.9 Å². The number of hydrogen-bond donors (Lipinski definition) is 2. The van der Waals surface area contributed by atoms with E-state index in [1.165, 1.54) is 18.4 Å². The van der Waals surface area contributed by atoms with Crippen molar-refractivity contribution in [1.29, 1.82) is 0 Å². The van der Waals surface area contributed by atoms with Gasteiger partial charge in [-0.2, -0.15) is 0 Å². The highest BCUT2D eigenvalue weighted by atomic mass is 127. The van der Waals surface area contributed by atoms with Crippen LogP contribution in [0, 0.1) is 5.92 Å². The van der Waals surface area contributed by atoms with Crippen molar-refractivity contribution in [2.75, 3.05) is 26.7 Å². The molecule has 1 fully saturated rings. The number of hydrogen-bond acceptors (Lipinski definition) is 2. The number of benzene rings is 1. The molecule has 0 aromatic heterocycles. The number of methoxy groups -OCH3 is 1. The number of nitrogens with zero attached hydrogens (tertiary/aromatic N) is 1. The molecule has 124 valence electrons. The van der Waals surface area contributed by atoms with Crippen LogP contribution in [-0.4, -0.2) is 32.7 Å². The Morgan fingerprint density at radius 1 is 1.32 bits per heavy atom. The number of guanidine groups is 1. The molecule has 0 atom stereocenters. The van der Waals surface area contributed by atoms with Gasteiger partial charge in [0.25, 0.3) is 0 Å². The van der Waals surface area contributed by atoms with E-state index in [1.807, 2.05) is 12.1 Å². The highest BCUT2D eigenvalue weighted by Gasteiger charge is 2.20. The number of nitrogens with one attached hydrogen (secondary N) is 2. The van der Waals surface area contributed by atoms with Crippen LogP contribution in [0.3, 0.4) is 0 Å². The molecule has 5 heteroatoms. The fourth-order valence-electron chi connectivity index (χ4n) is 2.19. The van der Waals surface area contributed by atoms with Crippen molar-refractivity contribution in [2.45, 2.75) is 32.6 Å². The lowest BCUT2D eigenvalue weighted by molar-refractivity contribution is 0.414. The van der Waals surface area contributed by atoms with E-state index in [9.17, 15) is 0 Å². The van der Waals surface area contributed by atoms with Gasteiger partial charge in [0.2, 0.25) is 0 Å². The summed E-state index contributed by atoms with van der Waals surface area (Å²) in [6.45, 7) is 4.91. The molecule has 1 saturated carbocycles. The third-order valence-corrected chi connectivity index (χ3v) is 3.62. The summed E-state index contributed by atoms with van der Waals surface area (Å²) in [5, 5.41) is 6.71. The van der Waals surface area contributed by atoms with Crippen LogP contribution in [0.5, 0.6) is 5.75 Å². The van der Waals surface area contributed by atoms with Crippen LogP contribution in [-0.2, 0) is 6.42 Å². The zero-order valence-corrected chi connectivity index (χ0v) is 15.9. The molecule has 0 saturated heterocycles. The summed E-state index contributed by atoms with van der Waals surface area (Å²) in [4.78, 5) is 4.62. The Kier molecular flexibility index (Phi) is 9.27. The summed E-state index contributed by atoms with van der Waals surface area (Å²) >= 11 is 0. The second kappa shape index (κ2) is 10.7. The third kappa shape index (κ3) is 7.33. The Bertz CT molecular complexity index is 461. The maximum Gasteiger partial charge on any atom is 0.191 e. The van der Waals surface area contributed by atoms with Crippen molar-refractivity contribution in [3.8, 4) is 5.75 Å². The van der Waals surface area contributed by atoms with E-state index in [-0.39, 0.29) is 24.0 Å². The third-order valence-electron chi connectivity index (χ3n) is 3.62. The summed E-state index contributed by atoms with van der Waals surface area (Å²) in [7, 11) is 1.71. The zero-order chi connectivity index (χ0) is 14.9. The lowest BCUT2D eigenvalue weighted by Crippen LogP contribution is -2.38. The van der Waals surface area contributed by atoms with Gasteiger partial charge in [0.15, 0.2) is 5.96 Å². The Labute approximate surface area is 151 Å². The van der Waals surface area contributed by atoms with Gasteiger partial charge in [-0.3, -0.25) is 4.99 Å². The average Bonchev–Trinajstić information content (AvgIpc) is 3.33. The molecule has 4 nitrogen and oxygen atoms in total. The first-order chi connectivity index (χ1) is 10.3. The number of ether oxygens (including phenoxy) is 1. The average molecular weight is 417 g/mol. The minimum absolute atomic E-state index is 0. The smallest absolute Gasteiger partial charge is 0.191 e. The molecule has 22 heavy (non-hydrogen) atoms. The largest absolute Gasteiger partial charge is 0.497 e. The highest BCUT2D eigenvalue weighted by Crippen LogP contribution is 2.28. The second-order valence-corrected chi connectivity index (χ2v) is 5.54. The lowest BCUT2D eigenvalue weighted by Gasteiger charge is -2.11. The summed E-state index contributed by atoms with van der Waals surface area (Å²) in [5.41, 5.74) is 1.32. The SMILES string of the molecule is CCNC(=NCC1CC1)NCCCc1cccc(OC)c1.I. The van der Waals surface area contributed by atoms with Gasteiger partial charge >= 0.3 is 0 Å². The quantitative estimate of drug-likeness (QED) is 0.296. The van der Waals surface area contributed by atoms with Crippen molar-refractivity contribution in [3.63, 3.8) is 0 Å². The maximum absolute atomic E-state index is 5.25. The van der Waals surface area contributed by atoms with Crippen LogP contribution in [0.1, 0.15) is 31.7 Å². The molecular weight excluding hydrogens is 389 g/mol. The second-order valence-electron chi connectivity index (χ2n) is 5.54. The van der Waals surface area contributed by atoms with E-state index in [0.29, 0.717) is 0 Å². The number of rotatable bonds is 8. The Hall–Kier alpha value is -0.980. The minimum Gasteiger partial charge on any atom is -0.497 e. The Morgan fingerprint density at radius 3 is 2.82 bits per heavy atom. The van der Waals surface area contributed by atoms with E-state index >= 15 is 0 Å². The topological polar surface area (TPSA) is 45.7 Å². The van der Waals surface area contributed by atoms with Crippen LogP contribution in [0.4, 0.5) is 0 Å². The molecule has 0 unspecified atom stereocenters. The summed E-state index contributed by atoms with van der Waals surface area (Å²) in [6, 6.07) is 8.28. The van der Waals surface area contributed by atoms with Gasteiger partial charge in [-0.25, -0.2) is 0 Å². The number of aliphatic imine (C=N–C) groups is 1. The Morgan fingerprint density at radius 2 is 2.14 bits per heavy atom. The zero-order valence-electron chi connectivity index (χ0n) is 13.6. The predicted octanol–water partition coefficient (Wildman–Crippen LogP) is 3.21. The molecule has 0 radical (unpaired) electrons. The van der Waals surface area contributed by atoms with Gasteiger partial charge in [-0.15, -0.1) is 24.0 Å². The first-order valence-electron chi connectivity index (χ1n) is 7.97. The molecule has 1 aliphatic carbocycles. The highest BCUT2D eigenvalue weighted by molar-refractivity contribution is 14.0.